The van der Waals surface area contributed by atoms with Crippen molar-refractivity contribution in [2.45, 2.75) is 25.3 Å². The molecule has 0 aromatic heterocycles. The van der Waals surface area contributed by atoms with Crippen LogP contribution in [0, 0.1) is 17.2 Å². The first kappa shape index (κ1) is 8.98. The molecule has 2 aliphatic rings. The summed E-state index contributed by atoms with van der Waals surface area (Å²) < 4.78 is 5.36. The van der Waals surface area contributed by atoms with Crippen LogP contribution in [0.3, 0.4) is 0 Å². The molecule has 0 amide bonds. The Labute approximate surface area is 79.3 Å². The smallest absolute Gasteiger partial charge is 0.0656 e. The number of nitrogens with zero attached hydrogens (tertiary/aromatic N) is 2. The maximum absolute atomic E-state index is 8.75. The van der Waals surface area contributed by atoms with Gasteiger partial charge in [0.1, 0.15) is 0 Å². The lowest BCUT2D eigenvalue weighted by Gasteiger charge is -2.33. The zero-order valence-electron chi connectivity index (χ0n) is 7.91. The summed E-state index contributed by atoms with van der Waals surface area (Å²) in [5, 5.41) is 8.75. The second-order valence-electron chi connectivity index (χ2n) is 3.96. The summed E-state index contributed by atoms with van der Waals surface area (Å²) in [5.74, 6) is 0.304. The molecule has 2 saturated heterocycles. The molecule has 2 heterocycles. The predicted molar refractivity (Wildman–Crippen MR) is 49.1 cm³/mol. The van der Waals surface area contributed by atoms with Gasteiger partial charge < -0.3 is 4.74 Å². The summed E-state index contributed by atoms with van der Waals surface area (Å²) in [4.78, 5) is 2.49. The van der Waals surface area contributed by atoms with Gasteiger partial charge in [-0.2, -0.15) is 5.26 Å². The molecule has 0 radical (unpaired) electrons. The van der Waals surface area contributed by atoms with E-state index in [4.69, 9.17) is 10.00 Å². The highest BCUT2D eigenvalue weighted by atomic mass is 16.5. The van der Waals surface area contributed by atoms with Crippen LogP contribution in [0.15, 0.2) is 0 Å². The van der Waals surface area contributed by atoms with E-state index < -0.39 is 0 Å². The van der Waals surface area contributed by atoms with Gasteiger partial charge in [-0.1, -0.05) is 0 Å². The van der Waals surface area contributed by atoms with Gasteiger partial charge in [-0.3, -0.25) is 4.90 Å². The molecule has 0 aliphatic carbocycles. The molecule has 2 aliphatic heterocycles. The van der Waals surface area contributed by atoms with Crippen LogP contribution in [0.25, 0.3) is 0 Å². The van der Waals surface area contributed by atoms with Gasteiger partial charge in [0.05, 0.1) is 12.7 Å². The fourth-order valence-electron chi connectivity index (χ4n) is 2.20. The summed E-state index contributed by atoms with van der Waals surface area (Å²) in [5.41, 5.74) is 0. The molecule has 72 valence electrons. The Balaban J connectivity index is 1.81. The van der Waals surface area contributed by atoms with Crippen LogP contribution >= 0.6 is 0 Å². The van der Waals surface area contributed by atoms with E-state index in [0.29, 0.717) is 12.0 Å². The lowest BCUT2D eigenvalue weighted by Crippen LogP contribution is -2.41. The average Bonchev–Trinajstić information content (AvgIpc) is 2.71. The van der Waals surface area contributed by atoms with Gasteiger partial charge in [0.15, 0.2) is 0 Å². The lowest BCUT2D eigenvalue weighted by molar-refractivity contribution is 0.119. The Hall–Kier alpha value is -0.590. The third-order valence-corrected chi connectivity index (χ3v) is 3.13. The Morgan fingerprint density at radius 3 is 2.54 bits per heavy atom. The first-order chi connectivity index (χ1) is 6.40. The first-order valence-electron chi connectivity index (χ1n) is 5.11. The Morgan fingerprint density at radius 2 is 2.00 bits per heavy atom. The summed E-state index contributed by atoms with van der Waals surface area (Å²) in [6.45, 7) is 4.00. The SMILES string of the molecule is N#CC1CCN(C2CCOC2)CC1. The van der Waals surface area contributed by atoms with Crippen molar-refractivity contribution in [3.05, 3.63) is 0 Å². The third kappa shape index (κ3) is 2.01. The van der Waals surface area contributed by atoms with E-state index in [2.05, 4.69) is 11.0 Å². The summed E-state index contributed by atoms with van der Waals surface area (Å²) in [6, 6.07) is 3.00. The first-order valence-corrected chi connectivity index (χ1v) is 5.11. The van der Waals surface area contributed by atoms with Crippen LogP contribution in [-0.4, -0.2) is 37.2 Å². The van der Waals surface area contributed by atoms with Gasteiger partial charge in [0.25, 0.3) is 0 Å². The summed E-state index contributed by atoms with van der Waals surface area (Å²) >= 11 is 0. The van der Waals surface area contributed by atoms with Crippen molar-refractivity contribution >= 4 is 0 Å². The van der Waals surface area contributed by atoms with E-state index in [9.17, 15) is 0 Å². The quantitative estimate of drug-likeness (QED) is 0.604. The minimum atomic E-state index is 0.304. The monoisotopic (exact) mass is 180 g/mol. The minimum Gasteiger partial charge on any atom is -0.380 e. The van der Waals surface area contributed by atoms with Crippen molar-refractivity contribution in [2.24, 2.45) is 5.92 Å². The van der Waals surface area contributed by atoms with E-state index >= 15 is 0 Å². The molecule has 2 rings (SSSR count). The molecule has 0 N–H and O–H groups in total. The zero-order valence-corrected chi connectivity index (χ0v) is 7.91. The number of ether oxygens (including phenoxy) is 1. The van der Waals surface area contributed by atoms with Crippen molar-refractivity contribution < 1.29 is 4.74 Å². The predicted octanol–water partition coefficient (Wildman–Crippen LogP) is 1.01. The number of hydrogen-bond acceptors (Lipinski definition) is 3. The Bertz CT molecular complexity index is 197. The number of rotatable bonds is 1. The Kier molecular flexibility index (Phi) is 2.82. The molecule has 0 saturated carbocycles. The highest BCUT2D eigenvalue weighted by Crippen LogP contribution is 2.21. The third-order valence-electron chi connectivity index (χ3n) is 3.13. The van der Waals surface area contributed by atoms with Crippen LogP contribution in [0.2, 0.25) is 0 Å². The van der Waals surface area contributed by atoms with Crippen molar-refractivity contribution in [3.63, 3.8) is 0 Å². The molecule has 1 atom stereocenters. The zero-order chi connectivity index (χ0) is 9.10. The summed E-state index contributed by atoms with van der Waals surface area (Å²) in [7, 11) is 0. The molecule has 0 spiro atoms. The average molecular weight is 180 g/mol. The number of nitriles is 1. The molecule has 0 bridgehead atoms. The van der Waals surface area contributed by atoms with Crippen LogP contribution < -0.4 is 0 Å². The van der Waals surface area contributed by atoms with Gasteiger partial charge in [0, 0.05) is 18.6 Å². The fraction of sp³-hybridized carbons (Fsp3) is 0.900. The maximum atomic E-state index is 8.75. The van der Waals surface area contributed by atoms with Crippen molar-refractivity contribution in [1.29, 1.82) is 5.26 Å². The molecular weight excluding hydrogens is 164 g/mol. The largest absolute Gasteiger partial charge is 0.380 e. The van der Waals surface area contributed by atoms with Gasteiger partial charge >= 0.3 is 0 Å². The normalized spacial score (nSPS) is 31.8. The maximum Gasteiger partial charge on any atom is 0.0656 e. The molecule has 2 fully saturated rings. The Morgan fingerprint density at radius 1 is 1.23 bits per heavy atom. The second kappa shape index (κ2) is 4.08. The topological polar surface area (TPSA) is 36.3 Å². The fourth-order valence-corrected chi connectivity index (χ4v) is 2.20. The van der Waals surface area contributed by atoms with Crippen molar-refractivity contribution in [3.8, 4) is 6.07 Å². The van der Waals surface area contributed by atoms with Crippen LogP contribution in [0.5, 0.6) is 0 Å². The molecular formula is C10H16N2O. The molecule has 0 aromatic carbocycles. The van der Waals surface area contributed by atoms with E-state index in [1.54, 1.807) is 0 Å². The molecule has 3 heteroatoms. The van der Waals surface area contributed by atoms with Crippen LogP contribution in [-0.2, 0) is 4.74 Å². The van der Waals surface area contributed by atoms with Gasteiger partial charge in [0.2, 0.25) is 0 Å². The standard InChI is InChI=1S/C10H16N2O/c11-7-9-1-4-12(5-2-9)10-3-6-13-8-10/h9-10H,1-6,8H2. The molecule has 3 nitrogen and oxygen atoms in total. The van der Waals surface area contributed by atoms with E-state index in [1.807, 2.05) is 0 Å². The lowest BCUT2D eigenvalue weighted by atomic mass is 9.97. The van der Waals surface area contributed by atoms with Crippen molar-refractivity contribution in [2.75, 3.05) is 26.3 Å². The van der Waals surface area contributed by atoms with E-state index in [-0.39, 0.29) is 0 Å². The summed E-state index contributed by atoms with van der Waals surface area (Å²) in [6.07, 6.45) is 3.28. The van der Waals surface area contributed by atoms with Gasteiger partial charge in [-0.25, -0.2) is 0 Å². The number of likely N-dealkylation sites (tertiary alicyclic amines) is 1. The van der Waals surface area contributed by atoms with Gasteiger partial charge in [-0.05, 0) is 32.4 Å². The van der Waals surface area contributed by atoms with Crippen molar-refractivity contribution in [1.82, 2.24) is 4.90 Å². The highest BCUT2D eigenvalue weighted by molar-refractivity contribution is 4.89. The minimum absolute atomic E-state index is 0.304. The van der Waals surface area contributed by atoms with Crippen LogP contribution in [0.4, 0.5) is 0 Å². The highest BCUT2D eigenvalue weighted by Gasteiger charge is 2.27. The van der Waals surface area contributed by atoms with E-state index in [0.717, 1.165) is 39.1 Å². The van der Waals surface area contributed by atoms with Gasteiger partial charge in [-0.15, -0.1) is 0 Å². The molecule has 13 heavy (non-hydrogen) atoms. The van der Waals surface area contributed by atoms with E-state index in [1.165, 1.54) is 6.42 Å². The van der Waals surface area contributed by atoms with Crippen LogP contribution in [0.1, 0.15) is 19.3 Å². The molecule has 0 aromatic rings. The number of hydrogen-bond donors (Lipinski definition) is 0. The second-order valence-corrected chi connectivity index (χ2v) is 3.96. The molecule has 1 unspecified atom stereocenters. The number of piperidine rings is 1.